The van der Waals surface area contributed by atoms with Crippen molar-refractivity contribution in [3.8, 4) is 0 Å². The van der Waals surface area contributed by atoms with Crippen molar-refractivity contribution < 1.29 is 0 Å². The van der Waals surface area contributed by atoms with Gasteiger partial charge in [0.25, 0.3) is 0 Å². The van der Waals surface area contributed by atoms with Crippen molar-refractivity contribution in [1.82, 2.24) is 14.8 Å². The summed E-state index contributed by atoms with van der Waals surface area (Å²) in [5, 5.41) is 8.36. The minimum Gasteiger partial charge on any atom is -0.301 e. The predicted molar refractivity (Wildman–Crippen MR) is 56.3 cm³/mol. The zero-order chi connectivity index (χ0) is 10.2. The number of hydrogen-bond donors (Lipinski definition) is 0. The molecule has 1 aromatic heterocycles. The zero-order valence-corrected chi connectivity index (χ0v) is 9.51. The van der Waals surface area contributed by atoms with E-state index in [1.807, 2.05) is 11.5 Å². The minimum absolute atomic E-state index is 0.400. The minimum atomic E-state index is 0.400. The molecule has 0 spiro atoms. The fraction of sp³-hybridized carbons (Fsp3) is 0.800. The van der Waals surface area contributed by atoms with Crippen molar-refractivity contribution in [1.29, 1.82) is 0 Å². The van der Waals surface area contributed by atoms with Crippen LogP contribution < -0.4 is 0 Å². The van der Waals surface area contributed by atoms with E-state index in [4.69, 9.17) is 11.6 Å². The summed E-state index contributed by atoms with van der Waals surface area (Å²) in [5.74, 6) is 0.920. The maximum atomic E-state index is 5.97. The van der Waals surface area contributed by atoms with E-state index in [0.717, 1.165) is 12.4 Å². The van der Waals surface area contributed by atoms with E-state index in [-0.39, 0.29) is 0 Å². The van der Waals surface area contributed by atoms with Crippen molar-refractivity contribution in [3.63, 3.8) is 0 Å². The quantitative estimate of drug-likeness (QED) is 0.757. The van der Waals surface area contributed by atoms with Crippen LogP contribution in [0.2, 0.25) is 5.28 Å². The van der Waals surface area contributed by atoms with Crippen LogP contribution in [0, 0.1) is 12.3 Å². The first-order valence-corrected chi connectivity index (χ1v) is 5.54. The molecule has 1 aliphatic carbocycles. The summed E-state index contributed by atoms with van der Waals surface area (Å²) in [6, 6.07) is 0. The van der Waals surface area contributed by atoms with Gasteiger partial charge in [-0.2, -0.15) is 0 Å². The van der Waals surface area contributed by atoms with E-state index < -0.39 is 0 Å². The molecule has 1 aliphatic rings. The Morgan fingerprint density at radius 1 is 1.36 bits per heavy atom. The number of aryl methyl sites for hydroxylation is 1. The van der Waals surface area contributed by atoms with Gasteiger partial charge in [-0.15, -0.1) is 10.2 Å². The molecule has 0 atom stereocenters. The van der Waals surface area contributed by atoms with Gasteiger partial charge in [0, 0.05) is 6.54 Å². The molecule has 0 bridgehead atoms. The molecule has 0 saturated heterocycles. The molecule has 4 heteroatoms. The Balaban J connectivity index is 2.17. The van der Waals surface area contributed by atoms with Gasteiger partial charge in [-0.25, -0.2) is 0 Å². The molecule has 1 heterocycles. The molecule has 1 saturated carbocycles. The van der Waals surface area contributed by atoms with Gasteiger partial charge in [0.2, 0.25) is 5.28 Å². The Morgan fingerprint density at radius 2 is 2.00 bits per heavy atom. The van der Waals surface area contributed by atoms with Crippen LogP contribution in [0.4, 0.5) is 0 Å². The van der Waals surface area contributed by atoms with Crippen LogP contribution in [0.5, 0.6) is 0 Å². The van der Waals surface area contributed by atoms with Crippen LogP contribution in [0.15, 0.2) is 0 Å². The molecule has 0 radical (unpaired) electrons. The number of halogens is 1. The lowest BCUT2D eigenvalue weighted by atomic mass is 9.89. The van der Waals surface area contributed by atoms with Gasteiger partial charge < -0.3 is 4.57 Å². The van der Waals surface area contributed by atoms with Gasteiger partial charge >= 0.3 is 0 Å². The van der Waals surface area contributed by atoms with Gasteiger partial charge in [0.05, 0.1) is 0 Å². The fourth-order valence-electron chi connectivity index (χ4n) is 2.30. The molecular formula is C10H16ClN3. The smallest absolute Gasteiger partial charge is 0.225 e. The zero-order valence-electron chi connectivity index (χ0n) is 8.76. The first-order valence-electron chi connectivity index (χ1n) is 5.16. The van der Waals surface area contributed by atoms with Crippen molar-refractivity contribution in [2.75, 3.05) is 0 Å². The van der Waals surface area contributed by atoms with Gasteiger partial charge in [0.15, 0.2) is 0 Å². The molecule has 0 aromatic carbocycles. The topological polar surface area (TPSA) is 30.7 Å². The molecule has 78 valence electrons. The Bertz CT molecular complexity index is 307. The molecule has 0 aliphatic heterocycles. The van der Waals surface area contributed by atoms with Crippen LogP contribution in [0.25, 0.3) is 0 Å². The standard InChI is InChI=1S/C10H16ClN3/c1-8-12-13-9(11)14(8)7-10(2)5-3-4-6-10/h3-7H2,1-2H3. The second kappa shape index (κ2) is 3.54. The van der Waals surface area contributed by atoms with Gasteiger partial charge in [-0.3, -0.25) is 0 Å². The Morgan fingerprint density at radius 3 is 2.50 bits per heavy atom. The van der Waals surface area contributed by atoms with E-state index >= 15 is 0 Å². The van der Waals surface area contributed by atoms with Crippen LogP contribution in [0.3, 0.4) is 0 Å². The largest absolute Gasteiger partial charge is 0.301 e. The maximum Gasteiger partial charge on any atom is 0.225 e. The summed E-state index contributed by atoms with van der Waals surface area (Å²) < 4.78 is 2.02. The number of nitrogens with zero attached hydrogens (tertiary/aromatic N) is 3. The van der Waals surface area contributed by atoms with Crippen LogP contribution in [-0.4, -0.2) is 14.8 Å². The van der Waals surface area contributed by atoms with E-state index in [2.05, 4.69) is 17.1 Å². The first-order chi connectivity index (χ1) is 6.61. The van der Waals surface area contributed by atoms with Crippen molar-refractivity contribution in [3.05, 3.63) is 11.1 Å². The third-order valence-corrected chi connectivity index (χ3v) is 3.52. The monoisotopic (exact) mass is 213 g/mol. The summed E-state index contributed by atoms with van der Waals surface area (Å²) >= 11 is 5.97. The van der Waals surface area contributed by atoms with Gasteiger partial charge in [-0.05, 0) is 36.8 Å². The molecule has 1 fully saturated rings. The SMILES string of the molecule is Cc1nnc(Cl)n1CC1(C)CCCC1. The summed E-state index contributed by atoms with van der Waals surface area (Å²) in [7, 11) is 0. The van der Waals surface area contributed by atoms with Crippen LogP contribution in [0.1, 0.15) is 38.4 Å². The highest BCUT2D eigenvalue weighted by atomic mass is 35.5. The first kappa shape index (κ1) is 9.97. The lowest BCUT2D eigenvalue weighted by molar-refractivity contribution is 0.279. The lowest BCUT2D eigenvalue weighted by Gasteiger charge is -2.24. The molecule has 3 nitrogen and oxygen atoms in total. The van der Waals surface area contributed by atoms with Gasteiger partial charge in [0.1, 0.15) is 5.82 Å². The summed E-state index contributed by atoms with van der Waals surface area (Å²) in [4.78, 5) is 0. The molecule has 14 heavy (non-hydrogen) atoms. The Hall–Kier alpha value is -0.570. The third kappa shape index (κ3) is 1.78. The second-order valence-corrected chi connectivity index (χ2v) is 4.96. The molecule has 0 N–H and O–H groups in total. The summed E-state index contributed by atoms with van der Waals surface area (Å²) in [5.41, 5.74) is 0.400. The average molecular weight is 214 g/mol. The molecule has 0 amide bonds. The number of rotatable bonds is 2. The summed E-state index contributed by atoms with van der Waals surface area (Å²) in [6.45, 7) is 5.25. The van der Waals surface area contributed by atoms with Crippen molar-refractivity contribution >= 4 is 11.6 Å². The number of hydrogen-bond acceptors (Lipinski definition) is 2. The van der Waals surface area contributed by atoms with E-state index in [9.17, 15) is 0 Å². The average Bonchev–Trinajstić information content (AvgIpc) is 2.68. The summed E-state index contributed by atoms with van der Waals surface area (Å²) in [6.07, 6.45) is 5.27. The molecule has 2 rings (SSSR count). The van der Waals surface area contributed by atoms with E-state index in [1.54, 1.807) is 0 Å². The molecular weight excluding hydrogens is 198 g/mol. The fourth-order valence-corrected chi connectivity index (χ4v) is 2.52. The highest BCUT2D eigenvalue weighted by Crippen LogP contribution is 2.39. The van der Waals surface area contributed by atoms with E-state index in [0.29, 0.717) is 10.7 Å². The highest BCUT2D eigenvalue weighted by Gasteiger charge is 2.30. The van der Waals surface area contributed by atoms with Crippen molar-refractivity contribution in [2.45, 2.75) is 46.1 Å². The normalized spacial score (nSPS) is 20.2. The third-order valence-electron chi connectivity index (χ3n) is 3.24. The molecule has 0 unspecified atom stereocenters. The number of aromatic nitrogens is 3. The second-order valence-electron chi connectivity index (χ2n) is 4.62. The molecule has 1 aromatic rings. The predicted octanol–water partition coefficient (Wildman–Crippen LogP) is 2.82. The van der Waals surface area contributed by atoms with Crippen LogP contribution in [-0.2, 0) is 6.54 Å². The Kier molecular flexibility index (Phi) is 2.52. The van der Waals surface area contributed by atoms with E-state index in [1.165, 1.54) is 25.7 Å². The lowest BCUT2D eigenvalue weighted by Crippen LogP contribution is -2.20. The maximum absolute atomic E-state index is 5.97. The Labute approximate surface area is 89.5 Å². The van der Waals surface area contributed by atoms with Crippen molar-refractivity contribution in [2.24, 2.45) is 5.41 Å². The highest BCUT2D eigenvalue weighted by molar-refractivity contribution is 6.28. The van der Waals surface area contributed by atoms with Crippen LogP contribution >= 0.6 is 11.6 Å². The van der Waals surface area contributed by atoms with Gasteiger partial charge in [-0.1, -0.05) is 19.8 Å².